The Hall–Kier alpha value is -3.73. The van der Waals surface area contributed by atoms with Gasteiger partial charge in [-0.3, -0.25) is 4.57 Å². The summed E-state index contributed by atoms with van der Waals surface area (Å²) in [4.78, 5) is 6.87. The van der Waals surface area contributed by atoms with Gasteiger partial charge >= 0.3 is 0 Å². The summed E-state index contributed by atoms with van der Waals surface area (Å²) in [6, 6.07) is 24.5. The normalized spacial score (nSPS) is 10.7. The molecule has 0 aliphatic carbocycles. The second kappa shape index (κ2) is 8.33. The molecule has 0 spiro atoms. The SMILES string of the molecule is COc1ccc(-c2ncn(-c3ccc(OC)cc3)c2-c2ccc(N(C)C)cc2)cc1. The third kappa shape index (κ3) is 3.74. The number of imidazole rings is 1. The van der Waals surface area contributed by atoms with Gasteiger partial charge in [0.25, 0.3) is 0 Å². The number of aromatic nitrogens is 2. The number of nitrogens with zero attached hydrogens (tertiary/aromatic N) is 3. The van der Waals surface area contributed by atoms with Crippen LogP contribution in [0.4, 0.5) is 5.69 Å². The van der Waals surface area contributed by atoms with Gasteiger partial charge < -0.3 is 14.4 Å². The highest BCUT2D eigenvalue weighted by molar-refractivity contribution is 5.81. The summed E-state index contributed by atoms with van der Waals surface area (Å²) in [6.07, 6.45) is 1.87. The van der Waals surface area contributed by atoms with Crippen LogP contribution in [-0.2, 0) is 0 Å². The monoisotopic (exact) mass is 399 g/mol. The zero-order chi connectivity index (χ0) is 21.1. The van der Waals surface area contributed by atoms with Crippen LogP contribution >= 0.6 is 0 Å². The standard InChI is InChI=1S/C25H25N3O2/c1-27(2)20-9-5-19(6-10-20)25-24(18-7-13-22(29-3)14-8-18)26-17-28(25)21-11-15-23(30-4)16-12-21/h5-17H,1-4H3. The van der Waals surface area contributed by atoms with Crippen LogP contribution in [0, 0.1) is 0 Å². The smallest absolute Gasteiger partial charge is 0.119 e. The zero-order valence-electron chi connectivity index (χ0n) is 17.7. The highest BCUT2D eigenvalue weighted by Gasteiger charge is 2.17. The molecular formula is C25H25N3O2. The van der Waals surface area contributed by atoms with Crippen molar-refractivity contribution in [1.82, 2.24) is 9.55 Å². The quantitative estimate of drug-likeness (QED) is 0.442. The lowest BCUT2D eigenvalue weighted by atomic mass is 10.0. The first-order valence-corrected chi connectivity index (χ1v) is 9.74. The highest BCUT2D eigenvalue weighted by Crippen LogP contribution is 2.35. The van der Waals surface area contributed by atoms with Gasteiger partial charge in [0.1, 0.15) is 17.8 Å². The molecule has 0 unspecified atom stereocenters. The van der Waals surface area contributed by atoms with Crippen LogP contribution < -0.4 is 14.4 Å². The zero-order valence-corrected chi connectivity index (χ0v) is 17.7. The summed E-state index contributed by atoms with van der Waals surface area (Å²) < 4.78 is 12.7. The first-order valence-electron chi connectivity index (χ1n) is 9.74. The molecule has 0 saturated carbocycles. The molecule has 0 bridgehead atoms. The number of anilines is 1. The Morgan fingerprint density at radius 3 is 1.77 bits per heavy atom. The fourth-order valence-electron chi connectivity index (χ4n) is 3.44. The Morgan fingerprint density at radius 1 is 0.700 bits per heavy atom. The molecular weight excluding hydrogens is 374 g/mol. The number of rotatable bonds is 6. The summed E-state index contributed by atoms with van der Waals surface area (Å²) in [5.74, 6) is 1.65. The van der Waals surface area contributed by atoms with Crippen LogP contribution in [0.2, 0.25) is 0 Å². The molecule has 5 heteroatoms. The van der Waals surface area contributed by atoms with E-state index in [2.05, 4.69) is 33.7 Å². The van der Waals surface area contributed by atoms with E-state index in [1.807, 2.05) is 69.0 Å². The molecule has 0 amide bonds. The van der Waals surface area contributed by atoms with Crippen LogP contribution in [0.1, 0.15) is 0 Å². The van der Waals surface area contributed by atoms with Crippen LogP contribution in [0.25, 0.3) is 28.2 Å². The van der Waals surface area contributed by atoms with Crippen LogP contribution in [0.5, 0.6) is 11.5 Å². The highest BCUT2D eigenvalue weighted by atomic mass is 16.5. The van der Waals surface area contributed by atoms with Gasteiger partial charge in [0.15, 0.2) is 0 Å². The van der Waals surface area contributed by atoms with E-state index >= 15 is 0 Å². The van der Waals surface area contributed by atoms with E-state index < -0.39 is 0 Å². The molecule has 152 valence electrons. The van der Waals surface area contributed by atoms with E-state index in [1.54, 1.807) is 14.2 Å². The van der Waals surface area contributed by atoms with Crippen molar-refractivity contribution >= 4 is 5.69 Å². The summed E-state index contributed by atoms with van der Waals surface area (Å²) in [6.45, 7) is 0. The molecule has 3 aromatic carbocycles. The van der Waals surface area contributed by atoms with E-state index in [0.29, 0.717) is 0 Å². The minimum atomic E-state index is 0.824. The Bertz CT molecular complexity index is 1050. The molecule has 5 nitrogen and oxygen atoms in total. The molecule has 30 heavy (non-hydrogen) atoms. The van der Waals surface area contributed by atoms with Gasteiger partial charge in [0.05, 0.1) is 25.6 Å². The van der Waals surface area contributed by atoms with Gasteiger partial charge in [-0.05, 0) is 60.7 Å². The van der Waals surface area contributed by atoms with Gasteiger partial charge in [-0.25, -0.2) is 4.98 Å². The predicted molar refractivity (Wildman–Crippen MR) is 122 cm³/mol. The lowest BCUT2D eigenvalue weighted by molar-refractivity contribution is 0.414. The molecule has 0 fully saturated rings. The lowest BCUT2D eigenvalue weighted by Gasteiger charge is -2.15. The average molecular weight is 399 g/mol. The average Bonchev–Trinajstić information content (AvgIpc) is 3.24. The molecule has 1 aromatic heterocycles. The first-order chi connectivity index (χ1) is 14.6. The van der Waals surface area contributed by atoms with E-state index in [0.717, 1.165) is 45.4 Å². The molecule has 0 radical (unpaired) electrons. The molecule has 1 heterocycles. The van der Waals surface area contributed by atoms with E-state index in [4.69, 9.17) is 14.5 Å². The second-order valence-corrected chi connectivity index (χ2v) is 7.18. The van der Waals surface area contributed by atoms with Gasteiger partial charge in [0, 0.05) is 36.6 Å². The number of hydrogen-bond donors (Lipinski definition) is 0. The minimum Gasteiger partial charge on any atom is -0.497 e. The number of methoxy groups -OCH3 is 2. The maximum absolute atomic E-state index is 5.31. The van der Waals surface area contributed by atoms with Crippen LogP contribution in [0.3, 0.4) is 0 Å². The summed E-state index contributed by atoms with van der Waals surface area (Å²) in [7, 11) is 7.43. The van der Waals surface area contributed by atoms with Crippen molar-refractivity contribution in [3.63, 3.8) is 0 Å². The predicted octanol–water partition coefficient (Wildman–Crippen LogP) is 5.29. The van der Waals surface area contributed by atoms with E-state index in [9.17, 15) is 0 Å². The number of ether oxygens (including phenoxy) is 2. The minimum absolute atomic E-state index is 0.824. The van der Waals surface area contributed by atoms with Crippen molar-refractivity contribution in [3.05, 3.63) is 79.1 Å². The molecule has 0 aliphatic rings. The lowest BCUT2D eigenvalue weighted by Crippen LogP contribution is -2.08. The molecule has 4 rings (SSSR count). The molecule has 0 aliphatic heterocycles. The van der Waals surface area contributed by atoms with Gasteiger partial charge in [-0.2, -0.15) is 0 Å². The number of benzene rings is 3. The Balaban J connectivity index is 1.86. The van der Waals surface area contributed by atoms with Crippen molar-refractivity contribution in [2.45, 2.75) is 0 Å². The molecule has 0 N–H and O–H groups in total. The van der Waals surface area contributed by atoms with Gasteiger partial charge in [0.2, 0.25) is 0 Å². The third-order valence-electron chi connectivity index (χ3n) is 5.14. The summed E-state index contributed by atoms with van der Waals surface area (Å²) >= 11 is 0. The fraction of sp³-hybridized carbons (Fsp3) is 0.160. The van der Waals surface area contributed by atoms with Gasteiger partial charge in [-0.15, -0.1) is 0 Å². The topological polar surface area (TPSA) is 39.5 Å². The molecule has 0 saturated heterocycles. The first kappa shape index (κ1) is 19.6. The maximum atomic E-state index is 5.31. The third-order valence-corrected chi connectivity index (χ3v) is 5.14. The Labute approximate surface area is 177 Å². The van der Waals surface area contributed by atoms with Crippen molar-refractivity contribution in [2.24, 2.45) is 0 Å². The summed E-state index contributed by atoms with van der Waals surface area (Å²) in [5, 5.41) is 0. The maximum Gasteiger partial charge on any atom is 0.119 e. The van der Waals surface area contributed by atoms with Crippen molar-refractivity contribution in [3.8, 4) is 39.7 Å². The largest absolute Gasteiger partial charge is 0.497 e. The summed E-state index contributed by atoms with van der Waals surface area (Å²) in [5.41, 5.74) is 6.27. The molecule has 0 atom stereocenters. The van der Waals surface area contributed by atoms with Gasteiger partial charge in [-0.1, -0.05) is 12.1 Å². The Kier molecular flexibility index (Phi) is 5.44. The van der Waals surface area contributed by atoms with Crippen LogP contribution in [0.15, 0.2) is 79.1 Å². The second-order valence-electron chi connectivity index (χ2n) is 7.18. The Morgan fingerprint density at radius 2 is 1.23 bits per heavy atom. The van der Waals surface area contributed by atoms with Crippen molar-refractivity contribution in [2.75, 3.05) is 33.2 Å². The van der Waals surface area contributed by atoms with E-state index in [1.165, 1.54) is 0 Å². The van der Waals surface area contributed by atoms with E-state index in [-0.39, 0.29) is 0 Å². The van der Waals surface area contributed by atoms with Crippen molar-refractivity contribution < 1.29 is 9.47 Å². The fourth-order valence-corrected chi connectivity index (χ4v) is 3.44. The van der Waals surface area contributed by atoms with Crippen LogP contribution in [-0.4, -0.2) is 37.9 Å². The van der Waals surface area contributed by atoms with Crippen molar-refractivity contribution in [1.29, 1.82) is 0 Å². The molecule has 4 aromatic rings. The number of hydrogen-bond acceptors (Lipinski definition) is 4.